The van der Waals surface area contributed by atoms with E-state index in [-0.39, 0.29) is 5.54 Å². The first-order valence-electron chi connectivity index (χ1n) is 6.52. The Labute approximate surface area is 98.2 Å². The van der Waals surface area contributed by atoms with Gasteiger partial charge in [0.2, 0.25) is 0 Å². The van der Waals surface area contributed by atoms with Crippen LogP contribution in [-0.2, 0) is 12.6 Å². The van der Waals surface area contributed by atoms with Crippen LogP contribution in [0.25, 0.3) is 0 Å². The van der Waals surface area contributed by atoms with Crippen LogP contribution >= 0.6 is 0 Å². The molecule has 1 saturated heterocycles. The van der Waals surface area contributed by atoms with Crippen molar-refractivity contribution < 1.29 is 0 Å². The maximum atomic E-state index is 4.33. The summed E-state index contributed by atoms with van der Waals surface area (Å²) in [4.78, 5) is 0. The van der Waals surface area contributed by atoms with Crippen LogP contribution in [0.1, 0.15) is 51.1 Å². The lowest BCUT2D eigenvalue weighted by molar-refractivity contribution is 0.278. The van der Waals surface area contributed by atoms with Gasteiger partial charge in [0.1, 0.15) is 0 Å². The van der Waals surface area contributed by atoms with E-state index in [0.29, 0.717) is 0 Å². The number of nitrogens with zero attached hydrogens (tertiary/aromatic N) is 2. The van der Waals surface area contributed by atoms with E-state index >= 15 is 0 Å². The summed E-state index contributed by atoms with van der Waals surface area (Å²) in [7, 11) is 2.05. The number of nitrogens with one attached hydrogen (secondary N) is 1. The van der Waals surface area contributed by atoms with Crippen molar-refractivity contribution in [3.63, 3.8) is 0 Å². The molecule has 1 atom stereocenters. The van der Waals surface area contributed by atoms with Crippen molar-refractivity contribution in [2.75, 3.05) is 6.54 Å². The average molecular weight is 221 g/mol. The predicted octanol–water partition coefficient (Wildman–Crippen LogP) is 2.58. The summed E-state index contributed by atoms with van der Waals surface area (Å²) in [5.74, 6) is 0. The molecule has 1 aliphatic heterocycles. The third-order valence-corrected chi connectivity index (χ3v) is 3.73. The van der Waals surface area contributed by atoms with Crippen LogP contribution in [0.5, 0.6) is 0 Å². The zero-order valence-corrected chi connectivity index (χ0v) is 10.5. The molecule has 1 aliphatic rings. The van der Waals surface area contributed by atoms with Gasteiger partial charge in [-0.05, 0) is 31.9 Å². The fraction of sp³-hybridized carbons (Fsp3) is 0.769. The SMILES string of the molecule is CCCC1(c2ccnn2C)CCCCCN1. The van der Waals surface area contributed by atoms with E-state index in [2.05, 4.69) is 30.5 Å². The molecule has 1 fully saturated rings. The number of hydrogen-bond donors (Lipinski definition) is 1. The Morgan fingerprint density at radius 1 is 1.44 bits per heavy atom. The summed E-state index contributed by atoms with van der Waals surface area (Å²) in [5.41, 5.74) is 1.53. The molecule has 1 aromatic heterocycles. The van der Waals surface area contributed by atoms with Gasteiger partial charge in [-0.2, -0.15) is 5.10 Å². The molecule has 2 heterocycles. The second-order valence-electron chi connectivity index (χ2n) is 4.91. The summed E-state index contributed by atoms with van der Waals surface area (Å²) in [6.45, 7) is 3.41. The highest BCUT2D eigenvalue weighted by Crippen LogP contribution is 2.33. The molecule has 0 amide bonds. The second-order valence-corrected chi connectivity index (χ2v) is 4.91. The van der Waals surface area contributed by atoms with Gasteiger partial charge in [-0.3, -0.25) is 4.68 Å². The van der Waals surface area contributed by atoms with Crippen LogP contribution in [0.2, 0.25) is 0 Å². The number of aromatic nitrogens is 2. The van der Waals surface area contributed by atoms with Crippen molar-refractivity contribution in [1.29, 1.82) is 0 Å². The Morgan fingerprint density at radius 3 is 3.00 bits per heavy atom. The van der Waals surface area contributed by atoms with Gasteiger partial charge in [0, 0.05) is 13.2 Å². The highest BCUT2D eigenvalue weighted by atomic mass is 15.3. The lowest BCUT2D eigenvalue weighted by Gasteiger charge is -2.34. The largest absolute Gasteiger partial charge is 0.306 e. The summed E-state index contributed by atoms with van der Waals surface area (Å²) in [5, 5.41) is 8.10. The molecule has 0 spiro atoms. The molecular formula is C13H23N3. The van der Waals surface area contributed by atoms with E-state index in [0.717, 1.165) is 6.54 Å². The smallest absolute Gasteiger partial charge is 0.0605 e. The highest BCUT2D eigenvalue weighted by Gasteiger charge is 2.33. The number of hydrogen-bond acceptors (Lipinski definition) is 2. The van der Waals surface area contributed by atoms with Crippen molar-refractivity contribution >= 4 is 0 Å². The Kier molecular flexibility index (Phi) is 3.64. The van der Waals surface area contributed by atoms with Crippen LogP contribution in [-0.4, -0.2) is 16.3 Å². The molecule has 0 saturated carbocycles. The average Bonchev–Trinajstić information content (AvgIpc) is 2.57. The van der Waals surface area contributed by atoms with Crippen molar-refractivity contribution in [2.24, 2.45) is 7.05 Å². The van der Waals surface area contributed by atoms with E-state index in [4.69, 9.17) is 0 Å². The first-order valence-corrected chi connectivity index (χ1v) is 6.52. The van der Waals surface area contributed by atoms with E-state index in [1.54, 1.807) is 0 Å². The molecule has 0 bridgehead atoms. The molecule has 0 radical (unpaired) electrons. The standard InChI is InChI=1S/C13H23N3/c1-3-8-13(9-5-4-6-10-14-13)12-7-11-15-16(12)2/h7,11,14H,3-6,8-10H2,1-2H3. The molecule has 1 unspecified atom stereocenters. The van der Waals surface area contributed by atoms with Gasteiger partial charge in [-0.25, -0.2) is 0 Å². The third kappa shape index (κ3) is 2.14. The fourth-order valence-corrected chi connectivity index (χ4v) is 2.97. The monoisotopic (exact) mass is 221 g/mol. The maximum absolute atomic E-state index is 4.33. The quantitative estimate of drug-likeness (QED) is 0.850. The minimum absolute atomic E-state index is 0.177. The van der Waals surface area contributed by atoms with Gasteiger partial charge in [-0.15, -0.1) is 0 Å². The van der Waals surface area contributed by atoms with E-state index in [1.807, 2.05) is 10.9 Å². The van der Waals surface area contributed by atoms with Gasteiger partial charge >= 0.3 is 0 Å². The molecule has 90 valence electrons. The van der Waals surface area contributed by atoms with Gasteiger partial charge in [0.25, 0.3) is 0 Å². The molecule has 1 N–H and O–H groups in total. The zero-order valence-electron chi connectivity index (χ0n) is 10.5. The number of rotatable bonds is 3. The molecule has 2 rings (SSSR count). The molecular weight excluding hydrogens is 198 g/mol. The Hall–Kier alpha value is -0.830. The highest BCUT2D eigenvalue weighted by molar-refractivity contribution is 5.15. The maximum Gasteiger partial charge on any atom is 0.0605 e. The van der Waals surface area contributed by atoms with Crippen molar-refractivity contribution in [3.05, 3.63) is 18.0 Å². The van der Waals surface area contributed by atoms with Crippen molar-refractivity contribution in [1.82, 2.24) is 15.1 Å². The molecule has 1 aromatic rings. The lowest BCUT2D eigenvalue weighted by atomic mass is 9.85. The molecule has 0 aliphatic carbocycles. The normalized spacial score (nSPS) is 26.6. The molecule has 0 aromatic carbocycles. The molecule has 3 heteroatoms. The van der Waals surface area contributed by atoms with Crippen LogP contribution < -0.4 is 5.32 Å². The second kappa shape index (κ2) is 5.00. The van der Waals surface area contributed by atoms with Crippen LogP contribution in [0.4, 0.5) is 0 Å². The minimum Gasteiger partial charge on any atom is -0.306 e. The lowest BCUT2D eigenvalue weighted by Crippen LogP contribution is -2.43. The first kappa shape index (κ1) is 11.6. The third-order valence-electron chi connectivity index (χ3n) is 3.73. The van der Waals surface area contributed by atoms with Crippen LogP contribution in [0, 0.1) is 0 Å². The summed E-state index contributed by atoms with van der Waals surface area (Å²) in [6, 6.07) is 2.17. The Morgan fingerprint density at radius 2 is 2.31 bits per heavy atom. The summed E-state index contributed by atoms with van der Waals surface area (Å²) in [6.07, 6.45) is 9.60. The fourth-order valence-electron chi connectivity index (χ4n) is 2.97. The minimum atomic E-state index is 0.177. The van der Waals surface area contributed by atoms with Gasteiger partial charge < -0.3 is 5.32 Å². The molecule has 16 heavy (non-hydrogen) atoms. The Bertz CT molecular complexity index is 322. The van der Waals surface area contributed by atoms with Crippen LogP contribution in [0.15, 0.2) is 12.3 Å². The summed E-state index contributed by atoms with van der Waals surface area (Å²) >= 11 is 0. The van der Waals surface area contributed by atoms with Crippen molar-refractivity contribution in [3.8, 4) is 0 Å². The first-order chi connectivity index (χ1) is 7.78. The summed E-state index contributed by atoms with van der Waals surface area (Å²) < 4.78 is 2.04. The van der Waals surface area contributed by atoms with E-state index in [9.17, 15) is 0 Å². The van der Waals surface area contributed by atoms with Crippen molar-refractivity contribution in [2.45, 2.75) is 51.0 Å². The number of aryl methyl sites for hydroxylation is 1. The Balaban J connectivity index is 2.29. The van der Waals surface area contributed by atoms with Gasteiger partial charge in [0.05, 0.1) is 11.2 Å². The van der Waals surface area contributed by atoms with E-state index in [1.165, 1.54) is 44.2 Å². The van der Waals surface area contributed by atoms with Gasteiger partial charge in [-0.1, -0.05) is 26.2 Å². The zero-order chi connectivity index (χ0) is 11.4. The topological polar surface area (TPSA) is 29.9 Å². The van der Waals surface area contributed by atoms with Crippen LogP contribution in [0.3, 0.4) is 0 Å². The van der Waals surface area contributed by atoms with E-state index < -0.39 is 0 Å². The molecule has 3 nitrogen and oxygen atoms in total. The van der Waals surface area contributed by atoms with Gasteiger partial charge in [0.15, 0.2) is 0 Å². The predicted molar refractivity (Wildman–Crippen MR) is 66.3 cm³/mol.